The van der Waals surface area contributed by atoms with Crippen molar-refractivity contribution >= 4 is 43.5 Å². The van der Waals surface area contributed by atoms with Crippen LogP contribution in [0.4, 0.5) is 11.4 Å². The molecule has 29 heavy (non-hydrogen) atoms. The van der Waals surface area contributed by atoms with Crippen molar-refractivity contribution < 1.29 is 18.1 Å². The van der Waals surface area contributed by atoms with E-state index < -0.39 is 20.6 Å². The molecule has 2 aromatic rings. The predicted molar refractivity (Wildman–Crippen MR) is 115 cm³/mol. The van der Waals surface area contributed by atoms with E-state index in [2.05, 4.69) is 26.5 Å². The predicted octanol–water partition coefficient (Wildman–Crippen LogP) is 3.84. The van der Waals surface area contributed by atoms with Crippen LogP contribution in [-0.2, 0) is 10.0 Å². The molecule has 0 saturated heterocycles. The normalized spacial score (nSPS) is 11.8. The molecule has 0 bridgehead atoms. The number of benzene rings is 2. The fraction of sp³-hybridized carbons (Fsp3) is 0.278. The van der Waals surface area contributed by atoms with Crippen molar-refractivity contribution in [1.29, 1.82) is 0 Å². The Morgan fingerprint density at radius 3 is 2.52 bits per heavy atom. The van der Waals surface area contributed by atoms with E-state index >= 15 is 0 Å². The SMILES string of the molecule is CCN(CC)S(=O)(=O)c1ccc(N/N=C\c2cc(Br)ccc2OC)c([N+](=O)[O-])c1. The van der Waals surface area contributed by atoms with Gasteiger partial charge >= 0.3 is 0 Å². The average Bonchev–Trinajstić information content (AvgIpc) is 2.68. The van der Waals surface area contributed by atoms with Gasteiger partial charge in [-0.3, -0.25) is 15.5 Å². The third-order valence-electron chi connectivity index (χ3n) is 4.09. The van der Waals surface area contributed by atoms with Gasteiger partial charge < -0.3 is 4.74 Å². The zero-order valence-electron chi connectivity index (χ0n) is 16.1. The second kappa shape index (κ2) is 9.81. The monoisotopic (exact) mass is 484 g/mol. The van der Waals surface area contributed by atoms with Gasteiger partial charge in [0.2, 0.25) is 10.0 Å². The molecule has 0 spiro atoms. The molecule has 0 heterocycles. The van der Waals surface area contributed by atoms with E-state index in [1.54, 1.807) is 26.0 Å². The highest BCUT2D eigenvalue weighted by Crippen LogP contribution is 2.29. The summed E-state index contributed by atoms with van der Waals surface area (Å²) in [5, 5.41) is 15.5. The number of nitro benzene ring substituents is 1. The maximum atomic E-state index is 12.6. The molecule has 1 N–H and O–H groups in total. The molecule has 0 aromatic heterocycles. The summed E-state index contributed by atoms with van der Waals surface area (Å²) in [6.45, 7) is 3.95. The molecule has 0 aliphatic heterocycles. The lowest BCUT2D eigenvalue weighted by Crippen LogP contribution is -2.30. The fourth-order valence-electron chi connectivity index (χ4n) is 2.61. The van der Waals surface area contributed by atoms with Crippen LogP contribution < -0.4 is 10.2 Å². The molecule has 0 aliphatic carbocycles. The van der Waals surface area contributed by atoms with Gasteiger partial charge in [-0.2, -0.15) is 9.41 Å². The van der Waals surface area contributed by atoms with Crippen molar-refractivity contribution in [1.82, 2.24) is 4.31 Å². The lowest BCUT2D eigenvalue weighted by atomic mass is 10.2. The Kier molecular flexibility index (Phi) is 7.71. The molecule has 0 aliphatic rings. The third kappa shape index (κ3) is 5.31. The summed E-state index contributed by atoms with van der Waals surface area (Å²) in [6, 6.07) is 9.01. The highest BCUT2D eigenvalue weighted by Gasteiger charge is 2.25. The van der Waals surface area contributed by atoms with E-state index in [0.29, 0.717) is 11.3 Å². The number of hydrogen-bond donors (Lipinski definition) is 1. The van der Waals surface area contributed by atoms with Crippen molar-refractivity contribution in [2.75, 3.05) is 25.6 Å². The van der Waals surface area contributed by atoms with Gasteiger partial charge in [-0.15, -0.1) is 0 Å². The second-order valence-corrected chi connectivity index (χ2v) is 8.64. The van der Waals surface area contributed by atoms with Crippen LogP contribution in [0, 0.1) is 10.1 Å². The second-order valence-electron chi connectivity index (χ2n) is 5.78. The van der Waals surface area contributed by atoms with Crippen molar-refractivity contribution in [3.05, 3.63) is 56.5 Å². The number of hydrogen-bond acceptors (Lipinski definition) is 7. The maximum absolute atomic E-state index is 12.6. The van der Waals surface area contributed by atoms with Crippen LogP contribution >= 0.6 is 15.9 Å². The standard InChI is InChI=1S/C18H21BrN4O5S/c1-4-22(5-2)29(26,27)15-7-8-16(17(11-15)23(24)25)21-20-12-13-10-14(19)6-9-18(13)28-3/h6-12,21H,4-5H2,1-3H3/b20-12-. The first-order valence-electron chi connectivity index (χ1n) is 8.65. The van der Waals surface area contributed by atoms with Crippen LogP contribution in [0.5, 0.6) is 5.75 Å². The molecule has 2 rings (SSSR count). The van der Waals surface area contributed by atoms with E-state index in [1.807, 2.05) is 6.07 Å². The number of nitrogens with one attached hydrogen (secondary N) is 1. The van der Waals surface area contributed by atoms with Gasteiger partial charge in [0.05, 0.1) is 23.1 Å². The van der Waals surface area contributed by atoms with Gasteiger partial charge in [-0.25, -0.2) is 8.42 Å². The summed E-state index contributed by atoms with van der Waals surface area (Å²) in [6.07, 6.45) is 1.45. The number of methoxy groups -OCH3 is 1. The van der Waals surface area contributed by atoms with E-state index in [9.17, 15) is 18.5 Å². The average molecular weight is 485 g/mol. The molecular formula is C18H21BrN4O5S. The summed E-state index contributed by atoms with van der Waals surface area (Å²) >= 11 is 3.36. The van der Waals surface area contributed by atoms with Crippen molar-refractivity contribution in [3.63, 3.8) is 0 Å². The number of nitro groups is 1. The summed E-state index contributed by atoms with van der Waals surface area (Å²) in [5.74, 6) is 0.578. The Morgan fingerprint density at radius 2 is 1.93 bits per heavy atom. The summed E-state index contributed by atoms with van der Waals surface area (Å²) < 4.78 is 32.5. The topological polar surface area (TPSA) is 114 Å². The number of halogens is 1. The van der Waals surface area contributed by atoms with Crippen LogP contribution in [0.2, 0.25) is 0 Å². The van der Waals surface area contributed by atoms with Crippen LogP contribution in [0.1, 0.15) is 19.4 Å². The largest absolute Gasteiger partial charge is 0.496 e. The third-order valence-corrected chi connectivity index (χ3v) is 6.63. The highest BCUT2D eigenvalue weighted by molar-refractivity contribution is 9.10. The van der Waals surface area contributed by atoms with Crippen LogP contribution in [0.25, 0.3) is 0 Å². The number of nitrogens with zero attached hydrogens (tertiary/aromatic N) is 3. The molecular weight excluding hydrogens is 464 g/mol. The molecule has 0 amide bonds. The highest BCUT2D eigenvalue weighted by atomic mass is 79.9. The molecule has 0 unspecified atom stereocenters. The van der Waals surface area contributed by atoms with Gasteiger partial charge in [0, 0.05) is 29.2 Å². The molecule has 156 valence electrons. The minimum atomic E-state index is -3.81. The Balaban J connectivity index is 2.35. The van der Waals surface area contributed by atoms with E-state index in [4.69, 9.17) is 4.74 Å². The Hall–Kier alpha value is -2.50. The number of rotatable bonds is 9. The number of ether oxygens (including phenoxy) is 1. The van der Waals surface area contributed by atoms with Gasteiger partial charge in [0.15, 0.2) is 0 Å². The summed E-state index contributed by atoms with van der Waals surface area (Å²) in [4.78, 5) is 10.7. The molecule has 11 heteroatoms. The van der Waals surface area contributed by atoms with Crippen molar-refractivity contribution in [2.24, 2.45) is 5.10 Å². The van der Waals surface area contributed by atoms with Crippen LogP contribution in [0.3, 0.4) is 0 Å². The first-order chi connectivity index (χ1) is 13.7. The maximum Gasteiger partial charge on any atom is 0.295 e. The quantitative estimate of drug-likeness (QED) is 0.328. The van der Waals surface area contributed by atoms with Gasteiger partial charge in [-0.05, 0) is 30.3 Å². The number of sulfonamides is 1. The minimum absolute atomic E-state index is 0.0683. The lowest BCUT2D eigenvalue weighted by molar-refractivity contribution is -0.384. The molecule has 0 atom stereocenters. The van der Waals surface area contributed by atoms with E-state index in [-0.39, 0.29) is 23.7 Å². The van der Waals surface area contributed by atoms with Crippen molar-refractivity contribution in [2.45, 2.75) is 18.7 Å². The molecule has 0 fully saturated rings. The van der Waals surface area contributed by atoms with Gasteiger partial charge in [0.1, 0.15) is 11.4 Å². The molecule has 0 radical (unpaired) electrons. The number of anilines is 1. The van der Waals surface area contributed by atoms with Gasteiger partial charge in [-0.1, -0.05) is 29.8 Å². The van der Waals surface area contributed by atoms with E-state index in [0.717, 1.165) is 10.5 Å². The minimum Gasteiger partial charge on any atom is -0.496 e. The summed E-state index contributed by atoms with van der Waals surface area (Å²) in [5.41, 5.74) is 2.93. The number of hydrazone groups is 1. The van der Waals surface area contributed by atoms with Gasteiger partial charge in [0.25, 0.3) is 5.69 Å². The van der Waals surface area contributed by atoms with Crippen molar-refractivity contribution in [3.8, 4) is 5.75 Å². The first-order valence-corrected chi connectivity index (χ1v) is 10.9. The lowest BCUT2D eigenvalue weighted by Gasteiger charge is -2.18. The molecule has 0 saturated carbocycles. The summed E-state index contributed by atoms with van der Waals surface area (Å²) in [7, 11) is -2.29. The molecule has 2 aromatic carbocycles. The Morgan fingerprint density at radius 1 is 1.24 bits per heavy atom. The Bertz CT molecular complexity index is 1020. The molecule has 9 nitrogen and oxygen atoms in total. The first kappa shape index (κ1) is 22.8. The van der Waals surface area contributed by atoms with E-state index in [1.165, 1.54) is 29.8 Å². The Labute approximate surface area is 177 Å². The zero-order chi connectivity index (χ0) is 21.6. The smallest absolute Gasteiger partial charge is 0.295 e. The zero-order valence-corrected chi connectivity index (χ0v) is 18.5. The fourth-order valence-corrected chi connectivity index (χ4v) is 4.46. The van der Waals surface area contributed by atoms with Crippen LogP contribution in [-0.4, -0.2) is 44.1 Å². The van der Waals surface area contributed by atoms with Crippen LogP contribution in [0.15, 0.2) is 50.9 Å².